The topological polar surface area (TPSA) is 92.8 Å². The van der Waals surface area contributed by atoms with Crippen LogP contribution in [0.5, 0.6) is 5.75 Å². The number of urea groups is 1. The summed E-state index contributed by atoms with van der Waals surface area (Å²) < 4.78 is 18.3. The maximum absolute atomic E-state index is 13.1. The van der Waals surface area contributed by atoms with Gasteiger partial charge in [-0.05, 0) is 67.9 Å². The van der Waals surface area contributed by atoms with Crippen molar-refractivity contribution in [1.82, 2.24) is 10.2 Å². The summed E-state index contributed by atoms with van der Waals surface area (Å²) in [6, 6.07) is 17.4. The van der Waals surface area contributed by atoms with E-state index in [9.17, 15) is 23.6 Å². The van der Waals surface area contributed by atoms with Crippen molar-refractivity contribution < 1.29 is 28.3 Å². The lowest BCUT2D eigenvalue weighted by atomic mass is 9.91. The molecule has 1 fully saturated rings. The average Bonchev–Trinajstić information content (AvgIpc) is 3.03. The molecule has 0 bridgehead atoms. The highest BCUT2D eigenvalue weighted by Crippen LogP contribution is 2.29. The fourth-order valence-electron chi connectivity index (χ4n) is 3.66. The van der Waals surface area contributed by atoms with Gasteiger partial charge in [0.2, 0.25) is 0 Å². The second-order valence-corrected chi connectivity index (χ2v) is 8.15. The minimum atomic E-state index is -1.28. The minimum absolute atomic E-state index is 0.147. The summed E-state index contributed by atoms with van der Waals surface area (Å²) in [5.74, 6) is -1.97. The zero-order valence-electron chi connectivity index (χ0n) is 18.5. The Balaban J connectivity index is 1.41. The molecule has 1 heterocycles. The van der Waals surface area contributed by atoms with Gasteiger partial charge in [0.25, 0.3) is 5.91 Å². The van der Waals surface area contributed by atoms with Crippen molar-refractivity contribution in [3.63, 3.8) is 0 Å². The van der Waals surface area contributed by atoms with E-state index in [2.05, 4.69) is 5.32 Å². The first-order chi connectivity index (χ1) is 16.2. The van der Waals surface area contributed by atoms with Gasteiger partial charge in [-0.15, -0.1) is 0 Å². The molecule has 3 amide bonds. The monoisotopic (exact) mass is 460 g/mol. The van der Waals surface area contributed by atoms with Gasteiger partial charge < -0.3 is 10.1 Å². The summed E-state index contributed by atoms with van der Waals surface area (Å²) in [4.78, 5) is 51.1. The fraction of sp³-hybridized carbons (Fsp3) is 0.154. The second-order valence-electron chi connectivity index (χ2n) is 8.15. The Morgan fingerprint density at radius 1 is 0.912 bits per heavy atom. The third kappa shape index (κ3) is 4.43. The number of carbonyl (C=O) groups is 4. The minimum Gasteiger partial charge on any atom is -0.425 e. The number of benzene rings is 3. The highest BCUT2D eigenvalue weighted by atomic mass is 19.1. The van der Waals surface area contributed by atoms with Crippen molar-refractivity contribution in [2.75, 3.05) is 6.54 Å². The SMILES string of the molecule is Cc1ccc([C@]2(C)NC(=O)N(CC(=O)Oc3ccc(C(=O)c4ccc(F)cc4)cc3)C2=O)cc1. The lowest BCUT2D eigenvalue weighted by molar-refractivity contribution is -0.140. The predicted molar refractivity (Wildman–Crippen MR) is 121 cm³/mol. The Morgan fingerprint density at radius 2 is 1.47 bits per heavy atom. The molecule has 3 aromatic carbocycles. The highest BCUT2D eigenvalue weighted by molar-refractivity contribution is 6.09. The molecule has 1 aliphatic heterocycles. The van der Waals surface area contributed by atoms with Crippen LogP contribution in [0.2, 0.25) is 0 Å². The van der Waals surface area contributed by atoms with Gasteiger partial charge in [-0.3, -0.25) is 14.5 Å². The number of rotatable bonds is 6. The van der Waals surface area contributed by atoms with Crippen molar-refractivity contribution in [3.05, 3.63) is 101 Å². The number of carbonyl (C=O) groups excluding carboxylic acids is 4. The van der Waals surface area contributed by atoms with E-state index in [1.807, 2.05) is 19.1 Å². The molecular weight excluding hydrogens is 439 g/mol. The molecule has 34 heavy (non-hydrogen) atoms. The van der Waals surface area contributed by atoms with Gasteiger partial charge in [0.15, 0.2) is 5.78 Å². The van der Waals surface area contributed by atoms with E-state index in [1.54, 1.807) is 19.1 Å². The molecule has 0 aromatic heterocycles. The summed E-state index contributed by atoms with van der Waals surface area (Å²) in [7, 11) is 0. The maximum Gasteiger partial charge on any atom is 0.331 e. The third-order valence-corrected chi connectivity index (χ3v) is 5.65. The van der Waals surface area contributed by atoms with Gasteiger partial charge in [-0.25, -0.2) is 14.0 Å². The number of imide groups is 1. The highest BCUT2D eigenvalue weighted by Gasteiger charge is 2.49. The molecular formula is C26H21FN2O5. The number of hydrogen-bond donors (Lipinski definition) is 1. The van der Waals surface area contributed by atoms with Crippen LogP contribution in [0.4, 0.5) is 9.18 Å². The molecule has 1 aliphatic rings. The third-order valence-electron chi connectivity index (χ3n) is 5.65. The zero-order valence-corrected chi connectivity index (χ0v) is 18.5. The van der Waals surface area contributed by atoms with Crippen molar-refractivity contribution in [2.24, 2.45) is 0 Å². The van der Waals surface area contributed by atoms with Crippen LogP contribution in [-0.4, -0.2) is 35.1 Å². The van der Waals surface area contributed by atoms with Gasteiger partial charge in [0, 0.05) is 11.1 Å². The van der Waals surface area contributed by atoms with Crippen molar-refractivity contribution in [3.8, 4) is 5.75 Å². The average molecular weight is 460 g/mol. The summed E-state index contributed by atoms with van der Waals surface area (Å²) in [5, 5.41) is 2.64. The number of ether oxygens (including phenoxy) is 1. The van der Waals surface area contributed by atoms with Crippen LogP contribution < -0.4 is 10.1 Å². The largest absolute Gasteiger partial charge is 0.425 e. The Hall–Kier alpha value is -4.33. The predicted octanol–water partition coefficient (Wildman–Crippen LogP) is 3.74. The molecule has 8 heteroatoms. The molecule has 1 atom stereocenters. The Kier molecular flexibility index (Phi) is 5.98. The van der Waals surface area contributed by atoms with Crippen molar-refractivity contribution in [1.29, 1.82) is 0 Å². The lowest BCUT2D eigenvalue weighted by Crippen LogP contribution is -2.41. The van der Waals surface area contributed by atoms with Crippen molar-refractivity contribution >= 4 is 23.7 Å². The van der Waals surface area contributed by atoms with Gasteiger partial charge >= 0.3 is 12.0 Å². The molecule has 0 unspecified atom stereocenters. The molecule has 3 aromatic rings. The molecule has 7 nitrogen and oxygen atoms in total. The van der Waals surface area contributed by atoms with E-state index in [1.165, 1.54) is 48.5 Å². The van der Waals surface area contributed by atoms with Gasteiger partial charge in [0.05, 0.1) is 0 Å². The van der Waals surface area contributed by atoms with E-state index in [-0.39, 0.29) is 11.5 Å². The summed E-state index contributed by atoms with van der Waals surface area (Å²) in [6.07, 6.45) is 0. The van der Waals surface area contributed by atoms with Gasteiger partial charge in [0.1, 0.15) is 23.7 Å². The lowest BCUT2D eigenvalue weighted by Gasteiger charge is -2.22. The molecule has 172 valence electrons. The molecule has 0 radical (unpaired) electrons. The van der Waals surface area contributed by atoms with Crippen LogP contribution in [0.3, 0.4) is 0 Å². The number of nitrogens with zero attached hydrogens (tertiary/aromatic N) is 1. The normalized spacial score (nSPS) is 17.4. The fourth-order valence-corrected chi connectivity index (χ4v) is 3.66. The Bertz CT molecular complexity index is 1270. The van der Waals surface area contributed by atoms with Crippen LogP contribution in [0.25, 0.3) is 0 Å². The van der Waals surface area contributed by atoms with Crippen LogP contribution in [-0.2, 0) is 15.1 Å². The number of esters is 1. The van der Waals surface area contributed by atoms with Gasteiger partial charge in [-0.1, -0.05) is 29.8 Å². The number of hydrogen-bond acceptors (Lipinski definition) is 5. The summed E-state index contributed by atoms with van der Waals surface area (Å²) >= 11 is 0. The van der Waals surface area contributed by atoms with Crippen LogP contribution >= 0.6 is 0 Å². The number of nitrogens with one attached hydrogen (secondary N) is 1. The van der Waals surface area contributed by atoms with Crippen LogP contribution in [0.1, 0.15) is 34.0 Å². The standard InChI is InChI=1S/C26H21FN2O5/c1-16-3-9-19(10-4-16)26(2)24(32)29(25(33)28-26)15-22(30)34-21-13-7-18(8-14-21)23(31)17-5-11-20(27)12-6-17/h3-14H,15H2,1-2H3,(H,28,33)/t26-/m0/s1. The van der Waals surface area contributed by atoms with E-state index in [4.69, 9.17) is 4.74 Å². The van der Waals surface area contributed by atoms with E-state index in [0.717, 1.165) is 10.5 Å². The maximum atomic E-state index is 13.1. The molecule has 0 aliphatic carbocycles. The summed E-state index contributed by atoms with van der Waals surface area (Å²) in [6.45, 7) is 2.93. The number of aryl methyl sites for hydroxylation is 1. The number of halogens is 1. The van der Waals surface area contributed by atoms with E-state index in [0.29, 0.717) is 16.7 Å². The van der Waals surface area contributed by atoms with Crippen LogP contribution in [0.15, 0.2) is 72.8 Å². The second kappa shape index (κ2) is 8.90. The van der Waals surface area contributed by atoms with Crippen LogP contribution in [0, 0.1) is 12.7 Å². The molecule has 1 saturated heterocycles. The Morgan fingerprint density at radius 3 is 2.06 bits per heavy atom. The molecule has 4 rings (SSSR count). The molecule has 0 spiro atoms. The molecule has 1 N–H and O–H groups in total. The smallest absolute Gasteiger partial charge is 0.331 e. The summed E-state index contributed by atoms with van der Waals surface area (Å²) in [5.41, 5.74) is 0.979. The molecule has 0 saturated carbocycles. The quantitative estimate of drug-likeness (QED) is 0.262. The first-order valence-electron chi connectivity index (χ1n) is 10.5. The first-order valence-corrected chi connectivity index (χ1v) is 10.5. The Labute approximate surface area is 195 Å². The van der Waals surface area contributed by atoms with Crippen molar-refractivity contribution in [2.45, 2.75) is 19.4 Å². The van der Waals surface area contributed by atoms with E-state index < -0.39 is 35.8 Å². The number of amides is 3. The van der Waals surface area contributed by atoms with Gasteiger partial charge in [-0.2, -0.15) is 0 Å². The zero-order chi connectivity index (χ0) is 24.5. The number of ketones is 1. The first kappa shape index (κ1) is 22.8. The van der Waals surface area contributed by atoms with E-state index >= 15 is 0 Å².